The van der Waals surface area contributed by atoms with Crippen LogP contribution in [0.25, 0.3) is 11.0 Å². The number of hydrogen-bond acceptors (Lipinski definition) is 5. The van der Waals surface area contributed by atoms with Crippen molar-refractivity contribution in [3.05, 3.63) is 40.1 Å². The molecule has 16 heavy (non-hydrogen) atoms. The van der Waals surface area contributed by atoms with E-state index < -0.39 is 10.9 Å². The number of benzene rings is 1. The fourth-order valence-corrected chi connectivity index (χ4v) is 1.39. The van der Waals surface area contributed by atoms with Gasteiger partial charge in [-0.2, -0.15) is 0 Å². The van der Waals surface area contributed by atoms with Crippen molar-refractivity contribution in [2.24, 2.45) is 0 Å². The number of carbonyl (C=O) groups is 1. The van der Waals surface area contributed by atoms with Gasteiger partial charge in [0.2, 0.25) is 11.3 Å². The second kappa shape index (κ2) is 3.65. The smallest absolute Gasteiger partial charge is 0.373 e. The predicted octanol–water partition coefficient (Wildman–Crippen LogP) is 2.13. The molecule has 1 heterocycles. The van der Waals surface area contributed by atoms with Crippen LogP contribution in [0.15, 0.2) is 28.7 Å². The number of nitro groups is 1. The van der Waals surface area contributed by atoms with E-state index in [1.807, 2.05) is 0 Å². The highest BCUT2D eigenvalue weighted by Gasteiger charge is 2.19. The Labute approximate surface area is 89.6 Å². The van der Waals surface area contributed by atoms with E-state index in [2.05, 4.69) is 4.74 Å². The molecule has 0 N–H and O–H groups in total. The normalized spacial score (nSPS) is 10.3. The van der Waals surface area contributed by atoms with Gasteiger partial charge in [0.15, 0.2) is 0 Å². The number of ether oxygens (including phenoxy) is 1. The second-order valence-electron chi connectivity index (χ2n) is 3.05. The Morgan fingerprint density at radius 3 is 2.88 bits per heavy atom. The SMILES string of the molecule is COC(=O)c1cc2cccc([N+](=O)[O-])c2o1. The first-order valence-corrected chi connectivity index (χ1v) is 4.38. The molecule has 0 unspecified atom stereocenters. The summed E-state index contributed by atoms with van der Waals surface area (Å²) in [4.78, 5) is 21.3. The average molecular weight is 221 g/mol. The summed E-state index contributed by atoms with van der Waals surface area (Å²) in [6.07, 6.45) is 0. The van der Waals surface area contributed by atoms with E-state index in [-0.39, 0.29) is 17.0 Å². The Morgan fingerprint density at radius 1 is 1.50 bits per heavy atom. The van der Waals surface area contributed by atoms with Gasteiger partial charge in [-0.05, 0) is 6.07 Å². The summed E-state index contributed by atoms with van der Waals surface area (Å²) in [5, 5.41) is 11.2. The number of hydrogen-bond donors (Lipinski definition) is 0. The highest BCUT2D eigenvalue weighted by atomic mass is 16.6. The van der Waals surface area contributed by atoms with Crippen molar-refractivity contribution in [3.63, 3.8) is 0 Å². The number of esters is 1. The van der Waals surface area contributed by atoms with E-state index in [1.54, 1.807) is 6.07 Å². The minimum Gasteiger partial charge on any atom is -0.463 e. The number of furan rings is 1. The lowest BCUT2D eigenvalue weighted by molar-refractivity contribution is -0.383. The van der Waals surface area contributed by atoms with Gasteiger partial charge in [-0.1, -0.05) is 12.1 Å². The highest BCUT2D eigenvalue weighted by molar-refractivity contribution is 5.95. The third-order valence-corrected chi connectivity index (χ3v) is 2.11. The van der Waals surface area contributed by atoms with Crippen molar-refractivity contribution in [3.8, 4) is 0 Å². The molecule has 0 radical (unpaired) electrons. The molecule has 0 aliphatic heterocycles. The minimum atomic E-state index is -0.662. The maximum Gasteiger partial charge on any atom is 0.373 e. The molecule has 0 spiro atoms. The molecular formula is C10H7NO5. The van der Waals surface area contributed by atoms with Gasteiger partial charge in [0, 0.05) is 11.5 Å². The number of carbonyl (C=O) groups excluding carboxylic acids is 1. The number of para-hydroxylation sites is 1. The topological polar surface area (TPSA) is 82.6 Å². The van der Waals surface area contributed by atoms with E-state index >= 15 is 0 Å². The largest absolute Gasteiger partial charge is 0.463 e. The van der Waals surface area contributed by atoms with Gasteiger partial charge in [0.05, 0.1) is 12.0 Å². The highest BCUT2D eigenvalue weighted by Crippen LogP contribution is 2.28. The maximum absolute atomic E-state index is 11.2. The Bertz CT molecular complexity index is 572. The van der Waals surface area contributed by atoms with E-state index in [0.717, 1.165) is 0 Å². The van der Waals surface area contributed by atoms with Gasteiger partial charge in [-0.3, -0.25) is 10.1 Å². The Morgan fingerprint density at radius 2 is 2.25 bits per heavy atom. The van der Waals surface area contributed by atoms with E-state index in [1.165, 1.54) is 25.3 Å². The Hall–Kier alpha value is -2.37. The van der Waals surface area contributed by atoms with Crippen LogP contribution in [0.4, 0.5) is 5.69 Å². The molecule has 1 aromatic heterocycles. The van der Waals surface area contributed by atoms with Crippen LogP contribution in [0.2, 0.25) is 0 Å². The third-order valence-electron chi connectivity index (χ3n) is 2.11. The summed E-state index contributed by atoms with van der Waals surface area (Å²) < 4.78 is 9.56. The van der Waals surface area contributed by atoms with Crippen LogP contribution in [0.5, 0.6) is 0 Å². The van der Waals surface area contributed by atoms with Gasteiger partial charge >= 0.3 is 11.7 Å². The number of nitrogens with zero attached hydrogens (tertiary/aromatic N) is 1. The van der Waals surface area contributed by atoms with E-state index in [9.17, 15) is 14.9 Å². The molecule has 0 atom stereocenters. The average Bonchev–Trinajstić information content (AvgIpc) is 2.70. The molecule has 0 saturated heterocycles. The molecule has 2 aromatic rings. The number of nitro benzene ring substituents is 1. The quantitative estimate of drug-likeness (QED) is 0.440. The summed E-state index contributed by atoms with van der Waals surface area (Å²) in [5.41, 5.74) is -0.0967. The van der Waals surface area contributed by atoms with Gasteiger partial charge < -0.3 is 9.15 Å². The van der Waals surface area contributed by atoms with Crippen LogP contribution in [-0.2, 0) is 4.74 Å². The number of methoxy groups -OCH3 is 1. The number of rotatable bonds is 2. The zero-order valence-electron chi connectivity index (χ0n) is 8.30. The fourth-order valence-electron chi connectivity index (χ4n) is 1.39. The lowest BCUT2D eigenvalue weighted by atomic mass is 10.2. The van der Waals surface area contributed by atoms with Gasteiger partial charge in [0.1, 0.15) is 0 Å². The first kappa shape index (κ1) is 10.2. The summed E-state index contributed by atoms with van der Waals surface area (Å²) in [6, 6.07) is 5.87. The Kier molecular flexibility index (Phi) is 2.32. The van der Waals surface area contributed by atoms with Crippen LogP contribution in [0, 0.1) is 10.1 Å². The van der Waals surface area contributed by atoms with Gasteiger partial charge in [-0.25, -0.2) is 4.79 Å². The molecule has 0 bridgehead atoms. The molecule has 6 nitrogen and oxygen atoms in total. The Balaban J connectivity index is 2.65. The molecule has 0 aliphatic rings. The summed E-state index contributed by atoms with van der Waals surface area (Å²) in [5.74, 6) is -0.711. The predicted molar refractivity (Wildman–Crippen MR) is 54.2 cm³/mol. The van der Waals surface area contributed by atoms with Crippen molar-refractivity contribution in [2.75, 3.05) is 7.11 Å². The molecule has 0 amide bonds. The van der Waals surface area contributed by atoms with Crippen LogP contribution in [-0.4, -0.2) is 18.0 Å². The van der Waals surface area contributed by atoms with Gasteiger partial charge in [-0.15, -0.1) is 0 Å². The maximum atomic E-state index is 11.2. The standard InChI is InChI=1S/C10H7NO5/c1-15-10(12)8-5-6-3-2-4-7(11(13)14)9(6)16-8/h2-5H,1H3. The lowest BCUT2D eigenvalue weighted by Gasteiger charge is -1.92. The zero-order chi connectivity index (χ0) is 11.7. The van der Waals surface area contributed by atoms with Crippen molar-refractivity contribution in [2.45, 2.75) is 0 Å². The van der Waals surface area contributed by atoms with E-state index in [0.29, 0.717) is 5.39 Å². The minimum absolute atomic E-state index is 0.0493. The molecule has 0 aliphatic carbocycles. The molecule has 6 heteroatoms. The molecule has 0 saturated carbocycles. The van der Waals surface area contributed by atoms with Crippen LogP contribution < -0.4 is 0 Å². The van der Waals surface area contributed by atoms with Crippen LogP contribution in [0.1, 0.15) is 10.6 Å². The lowest BCUT2D eigenvalue weighted by Crippen LogP contribution is -1.98. The first-order chi connectivity index (χ1) is 7.63. The molecule has 2 rings (SSSR count). The molecule has 0 fully saturated rings. The fraction of sp³-hybridized carbons (Fsp3) is 0.100. The molecule has 1 aromatic carbocycles. The summed E-state index contributed by atoms with van der Waals surface area (Å²) in [7, 11) is 1.21. The first-order valence-electron chi connectivity index (χ1n) is 4.38. The van der Waals surface area contributed by atoms with Crippen molar-refractivity contribution >= 4 is 22.6 Å². The molecular weight excluding hydrogens is 214 g/mol. The summed E-state index contributed by atoms with van der Waals surface area (Å²) in [6.45, 7) is 0. The number of non-ortho nitro benzene ring substituents is 1. The zero-order valence-corrected chi connectivity index (χ0v) is 8.30. The third kappa shape index (κ3) is 1.50. The number of fused-ring (bicyclic) bond motifs is 1. The van der Waals surface area contributed by atoms with Crippen LogP contribution >= 0.6 is 0 Å². The van der Waals surface area contributed by atoms with Crippen LogP contribution in [0.3, 0.4) is 0 Å². The second-order valence-corrected chi connectivity index (χ2v) is 3.05. The summed E-state index contributed by atoms with van der Waals surface area (Å²) >= 11 is 0. The van der Waals surface area contributed by atoms with Gasteiger partial charge in [0.25, 0.3) is 0 Å². The van der Waals surface area contributed by atoms with Crippen molar-refractivity contribution in [1.82, 2.24) is 0 Å². The van der Waals surface area contributed by atoms with Crippen molar-refractivity contribution < 1.29 is 18.9 Å². The monoisotopic (exact) mass is 221 g/mol. The molecule has 82 valence electrons. The van der Waals surface area contributed by atoms with E-state index in [4.69, 9.17) is 4.42 Å². The van der Waals surface area contributed by atoms with Crippen molar-refractivity contribution in [1.29, 1.82) is 0 Å².